The Morgan fingerprint density at radius 3 is 2.71 bits per heavy atom. The monoisotopic (exact) mass is 438 g/mol. The van der Waals surface area contributed by atoms with E-state index in [1.165, 1.54) is 31.1 Å². The summed E-state index contributed by atoms with van der Waals surface area (Å²) in [5, 5.41) is 0. The molecule has 0 bridgehead atoms. The number of hydrogen-bond acceptors (Lipinski definition) is 4. The van der Waals surface area contributed by atoms with Crippen molar-refractivity contribution in [3.8, 4) is 11.5 Å². The largest absolute Gasteiger partial charge is 0.513 e. The van der Waals surface area contributed by atoms with Crippen molar-refractivity contribution in [3.05, 3.63) is 56.7 Å². The molecule has 0 radical (unpaired) electrons. The van der Waals surface area contributed by atoms with E-state index in [9.17, 15) is 4.79 Å². The van der Waals surface area contributed by atoms with Crippen molar-refractivity contribution in [3.63, 3.8) is 0 Å². The highest BCUT2D eigenvalue weighted by Crippen LogP contribution is 2.45. The second-order valence-electron chi connectivity index (χ2n) is 5.88. The van der Waals surface area contributed by atoms with Crippen molar-refractivity contribution in [1.29, 1.82) is 0 Å². The lowest BCUT2D eigenvalue weighted by molar-refractivity contribution is 0.120. The highest BCUT2D eigenvalue weighted by molar-refractivity contribution is 14.1. The number of ether oxygens (including phenoxy) is 3. The smallest absolute Gasteiger partial charge is 0.488 e. The third-order valence-electron chi connectivity index (χ3n) is 3.99. The molecule has 0 atom stereocenters. The van der Waals surface area contributed by atoms with Crippen molar-refractivity contribution in [2.45, 2.75) is 32.3 Å². The first-order valence-corrected chi connectivity index (χ1v) is 8.93. The van der Waals surface area contributed by atoms with Crippen molar-refractivity contribution >= 4 is 28.7 Å². The lowest BCUT2D eigenvalue weighted by atomic mass is 10.1. The maximum absolute atomic E-state index is 11.4. The van der Waals surface area contributed by atoms with Gasteiger partial charge in [-0.3, -0.25) is 0 Å². The molecule has 0 heterocycles. The fourth-order valence-electron chi connectivity index (χ4n) is 2.57. The molecule has 0 spiro atoms. The Balaban J connectivity index is 1.81. The highest BCUT2D eigenvalue weighted by atomic mass is 127. The fourth-order valence-corrected chi connectivity index (χ4v) is 3.20. The summed E-state index contributed by atoms with van der Waals surface area (Å²) in [6.45, 7) is 2.44. The van der Waals surface area contributed by atoms with Gasteiger partial charge < -0.3 is 14.2 Å². The fraction of sp³-hybridized carbons (Fsp3) is 0.316. The van der Waals surface area contributed by atoms with Crippen LogP contribution in [0.3, 0.4) is 0 Å². The Bertz CT molecular complexity index is 753. The van der Waals surface area contributed by atoms with Crippen LogP contribution in [0.2, 0.25) is 0 Å². The lowest BCUT2D eigenvalue weighted by Gasteiger charge is -2.15. The molecule has 0 saturated heterocycles. The van der Waals surface area contributed by atoms with Gasteiger partial charge in [0, 0.05) is 9.13 Å². The molecule has 5 heteroatoms. The summed E-state index contributed by atoms with van der Waals surface area (Å²) in [7, 11) is 1.29. The van der Waals surface area contributed by atoms with E-state index in [2.05, 4.69) is 46.4 Å². The molecule has 1 saturated carbocycles. The molecule has 126 valence electrons. The minimum Gasteiger partial charge on any atom is -0.488 e. The number of carbonyl (C=O) groups excluding carboxylic acids is 1. The molecule has 3 rings (SSSR count). The number of hydrogen-bond donors (Lipinski definition) is 0. The second kappa shape index (κ2) is 7.42. The third kappa shape index (κ3) is 4.01. The van der Waals surface area contributed by atoms with Crippen LogP contribution in [0.4, 0.5) is 4.79 Å². The Labute approximate surface area is 155 Å². The van der Waals surface area contributed by atoms with Crippen molar-refractivity contribution in [2.24, 2.45) is 0 Å². The van der Waals surface area contributed by atoms with Crippen LogP contribution < -0.4 is 9.47 Å². The van der Waals surface area contributed by atoms with E-state index in [4.69, 9.17) is 9.47 Å². The van der Waals surface area contributed by atoms with Crippen LogP contribution >= 0.6 is 22.6 Å². The Morgan fingerprint density at radius 2 is 2.00 bits per heavy atom. The summed E-state index contributed by atoms with van der Waals surface area (Å²) in [6, 6.07) is 11.8. The standard InChI is InChI=1S/C19H19IO4/c1-12-6-9-17(14(10-12)13-7-8-13)23-11-15-16(20)4-3-5-18(15)24-19(21)22-2/h3-6,9-10,13H,7-8,11H2,1-2H3. The van der Waals surface area contributed by atoms with Gasteiger partial charge >= 0.3 is 6.16 Å². The van der Waals surface area contributed by atoms with Gasteiger partial charge in [0.05, 0.1) is 7.11 Å². The number of benzene rings is 2. The number of aryl methyl sites for hydroxylation is 1. The number of carbonyl (C=O) groups is 1. The molecule has 4 nitrogen and oxygen atoms in total. The van der Waals surface area contributed by atoms with Crippen LogP contribution in [0.15, 0.2) is 36.4 Å². The van der Waals surface area contributed by atoms with Gasteiger partial charge in [0.15, 0.2) is 0 Å². The van der Waals surface area contributed by atoms with Gasteiger partial charge in [0.2, 0.25) is 0 Å². The molecule has 24 heavy (non-hydrogen) atoms. The Morgan fingerprint density at radius 1 is 1.21 bits per heavy atom. The summed E-state index contributed by atoms with van der Waals surface area (Å²) in [4.78, 5) is 11.4. The Kier molecular flexibility index (Phi) is 5.28. The Hall–Kier alpha value is -1.76. The van der Waals surface area contributed by atoms with E-state index in [1.54, 1.807) is 6.07 Å². The van der Waals surface area contributed by atoms with Gasteiger partial charge in [-0.15, -0.1) is 0 Å². The number of halogens is 1. The first kappa shape index (κ1) is 17.1. The summed E-state index contributed by atoms with van der Waals surface area (Å²) < 4.78 is 16.9. The first-order valence-electron chi connectivity index (χ1n) is 7.85. The van der Waals surface area contributed by atoms with Crippen LogP contribution in [-0.2, 0) is 11.3 Å². The quantitative estimate of drug-likeness (QED) is 0.366. The number of rotatable bonds is 5. The van der Waals surface area contributed by atoms with Gasteiger partial charge in [0.1, 0.15) is 18.1 Å². The highest BCUT2D eigenvalue weighted by Gasteiger charge is 2.27. The van der Waals surface area contributed by atoms with Gasteiger partial charge in [-0.05, 0) is 72.0 Å². The van der Waals surface area contributed by atoms with E-state index in [0.29, 0.717) is 18.3 Å². The SMILES string of the molecule is COC(=O)Oc1cccc(I)c1COc1ccc(C)cc1C1CC1. The van der Waals surface area contributed by atoms with E-state index in [0.717, 1.165) is 14.9 Å². The average molecular weight is 438 g/mol. The lowest BCUT2D eigenvalue weighted by Crippen LogP contribution is -2.11. The van der Waals surface area contributed by atoms with E-state index in [-0.39, 0.29) is 0 Å². The zero-order valence-electron chi connectivity index (χ0n) is 13.7. The molecule has 0 N–H and O–H groups in total. The van der Waals surface area contributed by atoms with Crippen molar-refractivity contribution in [1.82, 2.24) is 0 Å². The summed E-state index contributed by atoms with van der Waals surface area (Å²) in [6.07, 6.45) is 1.71. The molecular weight excluding hydrogens is 419 g/mol. The minimum atomic E-state index is -0.729. The summed E-state index contributed by atoms with van der Waals surface area (Å²) in [5.41, 5.74) is 3.36. The molecule has 0 unspecified atom stereocenters. The summed E-state index contributed by atoms with van der Waals surface area (Å²) >= 11 is 2.22. The molecule has 2 aromatic carbocycles. The molecule has 2 aromatic rings. The molecule has 1 aliphatic rings. The van der Waals surface area contributed by atoms with Gasteiger partial charge in [-0.25, -0.2) is 4.79 Å². The first-order chi connectivity index (χ1) is 11.6. The summed E-state index contributed by atoms with van der Waals surface area (Å²) in [5.74, 6) is 1.99. The zero-order valence-corrected chi connectivity index (χ0v) is 15.8. The van der Waals surface area contributed by atoms with E-state index >= 15 is 0 Å². The van der Waals surface area contributed by atoms with Crippen LogP contribution in [0, 0.1) is 10.5 Å². The minimum absolute atomic E-state index is 0.341. The maximum Gasteiger partial charge on any atom is 0.513 e. The molecule has 0 aliphatic heterocycles. The van der Waals surface area contributed by atoms with Gasteiger partial charge in [-0.1, -0.05) is 23.8 Å². The normalized spacial score (nSPS) is 13.5. The molecule has 0 amide bonds. The topological polar surface area (TPSA) is 44.8 Å². The average Bonchev–Trinajstić information content (AvgIpc) is 3.40. The predicted molar refractivity (Wildman–Crippen MR) is 99.7 cm³/mol. The van der Waals surface area contributed by atoms with Gasteiger partial charge in [-0.2, -0.15) is 0 Å². The second-order valence-corrected chi connectivity index (χ2v) is 7.04. The molecule has 1 fully saturated rings. The maximum atomic E-state index is 11.4. The van der Waals surface area contributed by atoms with Crippen LogP contribution in [0.5, 0.6) is 11.5 Å². The van der Waals surface area contributed by atoms with Gasteiger partial charge in [0.25, 0.3) is 0 Å². The molecular formula is C19H19IO4. The molecule has 1 aliphatic carbocycles. The predicted octanol–water partition coefficient (Wildman–Crippen LogP) is 5.20. The van der Waals surface area contributed by atoms with E-state index < -0.39 is 6.16 Å². The van der Waals surface area contributed by atoms with Crippen LogP contribution in [0.1, 0.15) is 35.4 Å². The van der Waals surface area contributed by atoms with Crippen molar-refractivity contribution < 1.29 is 19.0 Å². The van der Waals surface area contributed by atoms with Crippen LogP contribution in [-0.4, -0.2) is 13.3 Å². The third-order valence-corrected chi connectivity index (χ3v) is 5.00. The van der Waals surface area contributed by atoms with Crippen molar-refractivity contribution in [2.75, 3.05) is 7.11 Å². The molecule has 0 aromatic heterocycles. The number of methoxy groups -OCH3 is 1. The van der Waals surface area contributed by atoms with Crippen LogP contribution in [0.25, 0.3) is 0 Å². The zero-order chi connectivity index (χ0) is 17.1. The van der Waals surface area contributed by atoms with E-state index in [1.807, 2.05) is 18.2 Å².